The molecule has 0 radical (unpaired) electrons. The quantitative estimate of drug-likeness (QED) is 0.942. The van der Waals surface area contributed by atoms with Crippen molar-refractivity contribution in [3.8, 4) is 11.8 Å². The van der Waals surface area contributed by atoms with Crippen LogP contribution < -0.4 is 10.1 Å². The van der Waals surface area contributed by atoms with Crippen LogP contribution in [0, 0.1) is 11.3 Å². The van der Waals surface area contributed by atoms with E-state index in [2.05, 4.69) is 10.3 Å². The van der Waals surface area contributed by atoms with Gasteiger partial charge in [-0.3, -0.25) is 4.79 Å². The number of carbonyl (C=O) groups is 1. The number of benzene rings is 1. The summed E-state index contributed by atoms with van der Waals surface area (Å²) >= 11 is 5.84. The van der Waals surface area contributed by atoms with Gasteiger partial charge in [-0.1, -0.05) is 11.6 Å². The van der Waals surface area contributed by atoms with Gasteiger partial charge < -0.3 is 10.1 Å². The van der Waals surface area contributed by atoms with Gasteiger partial charge in [0, 0.05) is 11.2 Å². The first kappa shape index (κ1) is 13.8. The van der Waals surface area contributed by atoms with Gasteiger partial charge in [0.25, 0.3) is 5.91 Å². The zero-order valence-corrected chi connectivity index (χ0v) is 11.3. The smallest absolute Gasteiger partial charge is 0.260 e. The van der Waals surface area contributed by atoms with E-state index in [1.165, 1.54) is 13.3 Å². The number of pyridine rings is 1. The Morgan fingerprint density at radius 2 is 2.20 bits per heavy atom. The number of anilines is 1. The number of amides is 1. The number of nitriles is 1. The first-order valence-corrected chi connectivity index (χ1v) is 6.03. The molecule has 1 aromatic heterocycles. The maximum Gasteiger partial charge on any atom is 0.260 e. The topological polar surface area (TPSA) is 75.0 Å². The van der Waals surface area contributed by atoms with Crippen molar-refractivity contribution in [1.29, 1.82) is 5.26 Å². The van der Waals surface area contributed by atoms with Gasteiger partial charge in [0.2, 0.25) is 0 Å². The van der Waals surface area contributed by atoms with Crippen molar-refractivity contribution >= 4 is 23.3 Å². The van der Waals surface area contributed by atoms with E-state index < -0.39 is 0 Å². The van der Waals surface area contributed by atoms with E-state index in [-0.39, 0.29) is 5.91 Å². The summed E-state index contributed by atoms with van der Waals surface area (Å²) in [7, 11) is 1.46. The predicted octanol–water partition coefficient (Wildman–Crippen LogP) is 2.87. The molecule has 1 N–H and O–H groups in total. The number of nitrogens with zero attached hydrogens (tertiary/aromatic N) is 2. The number of nitrogens with one attached hydrogen (secondary N) is 1. The Labute approximate surface area is 120 Å². The third kappa shape index (κ3) is 3.05. The number of ether oxygens (including phenoxy) is 1. The number of methoxy groups -OCH3 is 1. The summed E-state index contributed by atoms with van der Waals surface area (Å²) in [5, 5.41) is 11.8. The molecular weight excluding hydrogens is 278 g/mol. The number of hydrogen-bond donors (Lipinski definition) is 1. The molecule has 0 unspecified atom stereocenters. The molecule has 0 bridgehead atoms. The minimum atomic E-state index is -0.365. The van der Waals surface area contributed by atoms with Crippen molar-refractivity contribution in [3.63, 3.8) is 0 Å². The standard InChI is InChI=1S/C14H10ClN3O2/c1-20-12-6-10(15)3-4-11(12)14(19)18-13-5-2-9(7-16)8-17-13/h2-6,8H,1H3,(H,17,18,19). The lowest BCUT2D eigenvalue weighted by Crippen LogP contribution is -2.14. The molecule has 0 atom stereocenters. The van der Waals surface area contributed by atoms with Crippen LogP contribution in [0.2, 0.25) is 5.02 Å². The second-order valence-corrected chi connectivity index (χ2v) is 4.28. The molecule has 0 fully saturated rings. The molecule has 0 aliphatic rings. The number of carbonyl (C=O) groups excluding carboxylic acids is 1. The fraction of sp³-hybridized carbons (Fsp3) is 0.0714. The van der Waals surface area contributed by atoms with E-state index in [0.717, 1.165) is 0 Å². The molecule has 20 heavy (non-hydrogen) atoms. The summed E-state index contributed by atoms with van der Waals surface area (Å²) in [6.45, 7) is 0. The normalized spacial score (nSPS) is 9.65. The van der Waals surface area contributed by atoms with E-state index in [4.69, 9.17) is 21.6 Å². The fourth-order valence-electron chi connectivity index (χ4n) is 1.57. The van der Waals surface area contributed by atoms with Gasteiger partial charge >= 0.3 is 0 Å². The zero-order valence-electron chi connectivity index (χ0n) is 10.6. The monoisotopic (exact) mass is 287 g/mol. The number of rotatable bonds is 3. The lowest BCUT2D eigenvalue weighted by Gasteiger charge is -2.09. The van der Waals surface area contributed by atoms with Crippen LogP contribution in [0.4, 0.5) is 5.82 Å². The third-order valence-electron chi connectivity index (χ3n) is 2.54. The number of halogens is 1. The van der Waals surface area contributed by atoms with E-state index >= 15 is 0 Å². The van der Waals surface area contributed by atoms with Crippen LogP contribution in [0.5, 0.6) is 5.75 Å². The van der Waals surface area contributed by atoms with Crippen molar-refractivity contribution in [2.45, 2.75) is 0 Å². The molecule has 6 heteroatoms. The Bertz CT molecular complexity index is 678. The van der Waals surface area contributed by atoms with Gasteiger partial charge in [-0.2, -0.15) is 5.26 Å². The molecule has 5 nitrogen and oxygen atoms in total. The lowest BCUT2D eigenvalue weighted by molar-refractivity contribution is 0.102. The van der Waals surface area contributed by atoms with Crippen LogP contribution in [0.25, 0.3) is 0 Å². The van der Waals surface area contributed by atoms with Crippen LogP contribution in [-0.2, 0) is 0 Å². The first-order valence-electron chi connectivity index (χ1n) is 5.65. The molecule has 0 spiro atoms. The highest BCUT2D eigenvalue weighted by Crippen LogP contribution is 2.23. The summed E-state index contributed by atoms with van der Waals surface area (Å²) < 4.78 is 5.11. The molecule has 1 heterocycles. The minimum Gasteiger partial charge on any atom is -0.496 e. The minimum absolute atomic E-state index is 0.350. The molecular formula is C14H10ClN3O2. The zero-order chi connectivity index (χ0) is 14.5. The van der Waals surface area contributed by atoms with Gasteiger partial charge in [0.15, 0.2) is 0 Å². The average molecular weight is 288 g/mol. The van der Waals surface area contributed by atoms with Gasteiger partial charge in [0.05, 0.1) is 18.2 Å². The second-order valence-electron chi connectivity index (χ2n) is 3.84. The van der Waals surface area contributed by atoms with E-state index in [1.54, 1.807) is 30.3 Å². The Kier molecular flexibility index (Phi) is 4.18. The fourth-order valence-corrected chi connectivity index (χ4v) is 1.73. The maximum absolute atomic E-state index is 12.1. The summed E-state index contributed by atoms with van der Waals surface area (Å²) in [4.78, 5) is 16.1. The Hall–Kier alpha value is -2.58. The average Bonchev–Trinajstić information content (AvgIpc) is 2.47. The highest BCUT2D eigenvalue weighted by molar-refractivity contribution is 6.31. The molecule has 0 aliphatic heterocycles. The molecule has 2 aromatic rings. The lowest BCUT2D eigenvalue weighted by atomic mass is 10.2. The van der Waals surface area contributed by atoms with Crippen LogP contribution in [-0.4, -0.2) is 18.0 Å². The number of hydrogen-bond acceptors (Lipinski definition) is 4. The van der Waals surface area contributed by atoms with Crippen LogP contribution >= 0.6 is 11.6 Å². The van der Waals surface area contributed by atoms with Crippen molar-refractivity contribution in [1.82, 2.24) is 4.98 Å². The first-order chi connectivity index (χ1) is 9.63. The van der Waals surface area contributed by atoms with E-state index in [9.17, 15) is 4.79 Å². The summed E-state index contributed by atoms with van der Waals surface area (Å²) in [5.41, 5.74) is 0.773. The Morgan fingerprint density at radius 3 is 2.80 bits per heavy atom. The number of aromatic nitrogens is 1. The Balaban J connectivity index is 2.21. The third-order valence-corrected chi connectivity index (χ3v) is 2.78. The maximum atomic E-state index is 12.1. The van der Waals surface area contributed by atoms with Crippen LogP contribution in [0.15, 0.2) is 36.5 Å². The predicted molar refractivity (Wildman–Crippen MR) is 74.9 cm³/mol. The van der Waals surface area contributed by atoms with Crippen LogP contribution in [0.3, 0.4) is 0 Å². The SMILES string of the molecule is COc1cc(Cl)ccc1C(=O)Nc1ccc(C#N)cn1. The van der Waals surface area contributed by atoms with Crippen molar-refractivity contribution < 1.29 is 9.53 Å². The van der Waals surface area contributed by atoms with E-state index in [1.807, 2.05) is 6.07 Å². The summed E-state index contributed by atoms with van der Waals surface area (Å²) in [6.07, 6.45) is 1.38. The van der Waals surface area contributed by atoms with Gasteiger partial charge in [-0.15, -0.1) is 0 Å². The molecule has 0 aliphatic carbocycles. The van der Waals surface area contributed by atoms with Gasteiger partial charge in [-0.05, 0) is 30.3 Å². The van der Waals surface area contributed by atoms with Crippen molar-refractivity contribution in [2.24, 2.45) is 0 Å². The van der Waals surface area contributed by atoms with Crippen molar-refractivity contribution in [3.05, 3.63) is 52.7 Å². The summed E-state index contributed by atoms with van der Waals surface area (Å²) in [6, 6.07) is 9.81. The molecule has 1 aromatic carbocycles. The van der Waals surface area contributed by atoms with Crippen LogP contribution in [0.1, 0.15) is 15.9 Å². The highest BCUT2D eigenvalue weighted by atomic mass is 35.5. The van der Waals surface area contributed by atoms with Gasteiger partial charge in [-0.25, -0.2) is 4.98 Å². The molecule has 100 valence electrons. The molecule has 0 saturated carbocycles. The summed E-state index contributed by atoms with van der Waals surface area (Å²) in [5.74, 6) is 0.366. The second kappa shape index (κ2) is 6.04. The van der Waals surface area contributed by atoms with E-state index in [0.29, 0.717) is 27.7 Å². The molecule has 0 saturated heterocycles. The largest absolute Gasteiger partial charge is 0.496 e. The molecule has 1 amide bonds. The van der Waals surface area contributed by atoms with Crippen molar-refractivity contribution in [2.75, 3.05) is 12.4 Å². The van der Waals surface area contributed by atoms with Gasteiger partial charge in [0.1, 0.15) is 17.6 Å². The Morgan fingerprint density at radius 1 is 1.40 bits per heavy atom. The highest BCUT2D eigenvalue weighted by Gasteiger charge is 2.13. The molecule has 2 rings (SSSR count).